The smallest absolute Gasteiger partial charge is 0.278 e. The third kappa shape index (κ3) is 5.73. The second-order valence-corrected chi connectivity index (χ2v) is 9.44. The van der Waals surface area contributed by atoms with Crippen molar-refractivity contribution in [2.45, 2.75) is 11.4 Å². The topological polar surface area (TPSA) is 135 Å². The van der Waals surface area contributed by atoms with Gasteiger partial charge in [0.05, 0.1) is 17.7 Å². The highest BCUT2D eigenvalue weighted by Crippen LogP contribution is 2.37. The number of thioether (sulfide) groups is 1. The number of hydrogen-bond acceptors (Lipinski definition) is 8. The predicted molar refractivity (Wildman–Crippen MR) is 145 cm³/mol. The van der Waals surface area contributed by atoms with Gasteiger partial charge in [-0.3, -0.25) is 29.4 Å². The standard InChI is InChI=1S/C28H20N4O6S/c33-26(18-11-13-21(14-12-18)32(36)37)30-20-8-4-10-23(16-20)39-25-24(29-19-6-2-1-3-7-19)27(34)31(28(25)35)17-22-9-5-15-38-22/h1-16,29H,17H2,(H,30,33). The lowest BCUT2D eigenvalue weighted by Gasteiger charge is -2.13. The van der Waals surface area contributed by atoms with Gasteiger partial charge >= 0.3 is 0 Å². The van der Waals surface area contributed by atoms with E-state index in [-0.39, 0.29) is 28.4 Å². The predicted octanol–water partition coefficient (Wildman–Crippen LogP) is 5.42. The van der Waals surface area contributed by atoms with E-state index in [1.807, 2.05) is 18.2 Å². The number of benzene rings is 3. The van der Waals surface area contributed by atoms with Crippen LogP contribution in [0.2, 0.25) is 0 Å². The lowest BCUT2D eigenvalue weighted by Crippen LogP contribution is -2.31. The summed E-state index contributed by atoms with van der Waals surface area (Å²) in [7, 11) is 0. The number of hydrogen-bond donors (Lipinski definition) is 2. The van der Waals surface area contributed by atoms with E-state index < -0.39 is 22.6 Å². The van der Waals surface area contributed by atoms with Gasteiger partial charge in [0.15, 0.2) is 0 Å². The molecule has 0 bridgehead atoms. The van der Waals surface area contributed by atoms with E-state index in [2.05, 4.69) is 10.6 Å². The van der Waals surface area contributed by atoms with Crippen LogP contribution in [0.1, 0.15) is 16.1 Å². The molecule has 3 aromatic carbocycles. The van der Waals surface area contributed by atoms with Gasteiger partial charge < -0.3 is 15.1 Å². The summed E-state index contributed by atoms with van der Waals surface area (Å²) < 4.78 is 5.34. The fraction of sp³-hybridized carbons (Fsp3) is 0.0357. The van der Waals surface area contributed by atoms with Gasteiger partial charge in [-0.1, -0.05) is 36.0 Å². The van der Waals surface area contributed by atoms with E-state index in [9.17, 15) is 24.5 Å². The van der Waals surface area contributed by atoms with Gasteiger partial charge in [-0.25, -0.2) is 0 Å². The van der Waals surface area contributed by atoms with Crippen molar-refractivity contribution >= 4 is 46.5 Å². The van der Waals surface area contributed by atoms with Crippen molar-refractivity contribution in [2.75, 3.05) is 10.6 Å². The van der Waals surface area contributed by atoms with E-state index >= 15 is 0 Å². The molecule has 1 aromatic heterocycles. The Labute approximate surface area is 226 Å². The number of para-hydroxylation sites is 1. The molecule has 0 aliphatic carbocycles. The summed E-state index contributed by atoms with van der Waals surface area (Å²) in [5.74, 6) is -0.932. The first-order chi connectivity index (χ1) is 18.9. The summed E-state index contributed by atoms with van der Waals surface area (Å²) in [6, 6.07) is 24.5. The summed E-state index contributed by atoms with van der Waals surface area (Å²) in [5.41, 5.74) is 1.38. The highest BCUT2D eigenvalue weighted by Gasteiger charge is 2.39. The number of nitro benzene ring substituents is 1. The zero-order valence-corrected chi connectivity index (χ0v) is 21.0. The number of amides is 3. The Morgan fingerprint density at radius 1 is 0.897 bits per heavy atom. The van der Waals surface area contributed by atoms with Crippen LogP contribution in [0.5, 0.6) is 0 Å². The minimum Gasteiger partial charge on any atom is -0.467 e. The minimum absolute atomic E-state index is 0.0139. The molecule has 11 heteroatoms. The van der Waals surface area contributed by atoms with Crippen molar-refractivity contribution in [1.29, 1.82) is 0 Å². The fourth-order valence-electron chi connectivity index (χ4n) is 3.82. The average molecular weight is 541 g/mol. The van der Waals surface area contributed by atoms with Crippen LogP contribution in [-0.4, -0.2) is 27.5 Å². The van der Waals surface area contributed by atoms with Crippen molar-refractivity contribution in [3.8, 4) is 0 Å². The van der Waals surface area contributed by atoms with Gasteiger partial charge in [-0.15, -0.1) is 0 Å². The Morgan fingerprint density at radius 2 is 1.64 bits per heavy atom. The fourth-order valence-corrected chi connectivity index (χ4v) is 4.83. The Hall–Kier alpha value is -5.16. The molecule has 0 spiro atoms. The molecular formula is C28H20N4O6S. The van der Waals surface area contributed by atoms with Gasteiger partial charge in [-0.2, -0.15) is 0 Å². The van der Waals surface area contributed by atoms with Crippen LogP contribution in [0.3, 0.4) is 0 Å². The molecule has 39 heavy (non-hydrogen) atoms. The van der Waals surface area contributed by atoms with Crippen LogP contribution < -0.4 is 10.6 Å². The largest absolute Gasteiger partial charge is 0.467 e. The number of furan rings is 1. The molecule has 4 aromatic rings. The number of nitro groups is 1. The van der Waals surface area contributed by atoms with Gasteiger partial charge in [0.2, 0.25) is 0 Å². The van der Waals surface area contributed by atoms with E-state index in [4.69, 9.17) is 4.42 Å². The Morgan fingerprint density at radius 3 is 2.33 bits per heavy atom. The van der Waals surface area contributed by atoms with Crippen LogP contribution in [0.15, 0.2) is 117 Å². The second-order valence-electron chi connectivity index (χ2n) is 8.36. The number of nitrogens with zero attached hydrogens (tertiary/aromatic N) is 2. The molecule has 2 heterocycles. The van der Waals surface area contributed by atoms with Crippen LogP contribution in [0.4, 0.5) is 17.1 Å². The van der Waals surface area contributed by atoms with Gasteiger partial charge in [0.1, 0.15) is 16.4 Å². The third-order valence-corrected chi connectivity index (χ3v) is 6.79. The van der Waals surface area contributed by atoms with Gasteiger partial charge in [0, 0.05) is 34.0 Å². The highest BCUT2D eigenvalue weighted by atomic mass is 32.2. The molecule has 0 radical (unpaired) electrons. The van der Waals surface area contributed by atoms with E-state index in [1.54, 1.807) is 48.5 Å². The molecule has 0 atom stereocenters. The van der Waals surface area contributed by atoms with E-state index in [0.717, 1.165) is 16.7 Å². The minimum atomic E-state index is -0.539. The number of carbonyl (C=O) groups is 3. The molecule has 1 aliphatic heterocycles. The lowest BCUT2D eigenvalue weighted by atomic mass is 10.2. The van der Waals surface area contributed by atoms with Crippen molar-refractivity contribution in [1.82, 2.24) is 4.90 Å². The van der Waals surface area contributed by atoms with Crippen molar-refractivity contribution in [3.05, 3.63) is 129 Å². The first-order valence-electron chi connectivity index (χ1n) is 11.7. The molecule has 0 unspecified atom stereocenters. The van der Waals surface area contributed by atoms with E-state index in [0.29, 0.717) is 22.0 Å². The summed E-state index contributed by atoms with van der Waals surface area (Å²) >= 11 is 1.10. The maximum atomic E-state index is 13.4. The quantitative estimate of drug-likeness (QED) is 0.163. The normalized spacial score (nSPS) is 13.1. The van der Waals surface area contributed by atoms with E-state index in [1.165, 1.54) is 30.5 Å². The Kier molecular flexibility index (Phi) is 7.23. The van der Waals surface area contributed by atoms with Crippen molar-refractivity contribution in [3.63, 3.8) is 0 Å². The number of nitrogens with one attached hydrogen (secondary N) is 2. The molecular weight excluding hydrogens is 520 g/mol. The van der Waals surface area contributed by atoms with Crippen LogP contribution in [-0.2, 0) is 16.1 Å². The van der Waals surface area contributed by atoms with Crippen LogP contribution >= 0.6 is 11.8 Å². The highest BCUT2D eigenvalue weighted by molar-refractivity contribution is 8.04. The van der Waals surface area contributed by atoms with Crippen molar-refractivity contribution < 1.29 is 23.7 Å². The zero-order valence-electron chi connectivity index (χ0n) is 20.2. The number of anilines is 2. The maximum absolute atomic E-state index is 13.4. The molecule has 3 amide bonds. The molecule has 5 rings (SSSR count). The second kappa shape index (κ2) is 11.1. The number of rotatable bonds is 9. The molecule has 0 fully saturated rings. The number of non-ortho nitro benzene ring substituents is 1. The zero-order chi connectivity index (χ0) is 27.4. The molecule has 194 valence electrons. The molecule has 10 nitrogen and oxygen atoms in total. The molecule has 2 N–H and O–H groups in total. The summed E-state index contributed by atoms with van der Waals surface area (Å²) in [5, 5.41) is 16.7. The van der Waals surface area contributed by atoms with Crippen LogP contribution in [0, 0.1) is 10.1 Å². The number of imide groups is 1. The summed E-state index contributed by atoms with van der Waals surface area (Å²) in [6.07, 6.45) is 1.48. The summed E-state index contributed by atoms with van der Waals surface area (Å²) in [4.78, 5) is 51.6. The Bertz CT molecular complexity index is 1580. The first kappa shape index (κ1) is 25.5. The Balaban J connectivity index is 1.38. The van der Waals surface area contributed by atoms with Crippen LogP contribution in [0.25, 0.3) is 0 Å². The first-order valence-corrected chi connectivity index (χ1v) is 12.5. The van der Waals surface area contributed by atoms with Crippen molar-refractivity contribution in [2.24, 2.45) is 0 Å². The molecule has 1 aliphatic rings. The monoisotopic (exact) mass is 540 g/mol. The molecule has 0 saturated heterocycles. The molecule has 0 saturated carbocycles. The summed E-state index contributed by atoms with van der Waals surface area (Å²) in [6.45, 7) is -0.0139. The lowest BCUT2D eigenvalue weighted by molar-refractivity contribution is -0.384. The number of carbonyl (C=O) groups excluding carboxylic acids is 3. The maximum Gasteiger partial charge on any atom is 0.278 e. The van der Waals surface area contributed by atoms with Gasteiger partial charge in [0.25, 0.3) is 23.4 Å². The van der Waals surface area contributed by atoms with Gasteiger partial charge in [-0.05, 0) is 54.6 Å². The average Bonchev–Trinajstić information content (AvgIpc) is 3.53. The third-order valence-electron chi connectivity index (χ3n) is 5.71. The SMILES string of the molecule is O=C(Nc1cccc(SC2=C(Nc3ccccc3)C(=O)N(Cc3ccco3)C2=O)c1)c1ccc([N+](=O)[O-])cc1.